The van der Waals surface area contributed by atoms with Crippen molar-refractivity contribution in [2.75, 3.05) is 14.2 Å². The van der Waals surface area contributed by atoms with Crippen molar-refractivity contribution in [2.45, 2.75) is 0 Å². The second-order valence-corrected chi connectivity index (χ2v) is 5.28. The Hall–Kier alpha value is -1.79. The SMILES string of the molecule is COc1ccc(OC)c(N=Nc2cc(Cl)cc(Br)c2O)c1. The van der Waals surface area contributed by atoms with Crippen molar-refractivity contribution < 1.29 is 14.6 Å². The fraction of sp³-hybridized carbons (Fsp3) is 0.143. The molecule has 2 aromatic carbocycles. The van der Waals surface area contributed by atoms with Crippen LogP contribution in [0.1, 0.15) is 0 Å². The average Bonchev–Trinajstić information content (AvgIpc) is 2.49. The van der Waals surface area contributed by atoms with E-state index in [0.717, 1.165) is 0 Å². The Labute approximate surface area is 135 Å². The Balaban J connectivity index is 2.41. The van der Waals surface area contributed by atoms with Crippen LogP contribution in [0.5, 0.6) is 17.2 Å². The average molecular weight is 372 g/mol. The van der Waals surface area contributed by atoms with E-state index >= 15 is 0 Å². The van der Waals surface area contributed by atoms with Crippen LogP contribution in [0, 0.1) is 0 Å². The molecule has 2 aromatic rings. The predicted octanol–water partition coefficient (Wildman–Crippen LogP) is 5.24. The van der Waals surface area contributed by atoms with E-state index in [1.165, 1.54) is 13.2 Å². The molecule has 0 aliphatic heterocycles. The van der Waals surface area contributed by atoms with Gasteiger partial charge in [0.15, 0.2) is 5.75 Å². The number of hydrogen-bond acceptors (Lipinski definition) is 5. The monoisotopic (exact) mass is 370 g/mol. The molecular weight excluding hydrogens is 360 g/mol. The molecule has 0 saturated carbocycles. The summed E-state index contributed by atoms with van der Waals surface area (Å²) in [5.41, 5.74) is 0.728. The first-order chi connectivity index (χ1) is 10.0. The Morgan fingerprint density at radius 2 is 1.76 bits per heavy atom. The molecule has 0 aliphatic carbocycles. The summed E-state index contributed by atoms with van der Waals surface area (Å²) >= 11 is 9.12. The Morgan fingerprint density at radius 1 is 1.05 bits per heavy atom. The van der Waals surface area contributed by atoms with E-state index in [9.17, 15) is 5.11 Å². The molecule has 0 aliphatic rings. The third kappa shape index (κ3) is 3.65. The van der Waals surface area contributed by atoms with Crippen molar-refractivity contribution in [3.05, 3.63) is 39.8 Å². The van der Waals surface area contributed by atoms with Crippen molar-refractivity contribution >= 4 is 38.9 Å². The van der Waals surface area contributed by atoms with Gasteiger partial charge in [0.25, 0.3) is 0 Å². The van der Waals surface area contributed by atoms with Gasteiger partial charge in [0.05, 0.1) is 18.7 Å². The molecule has 0 heterocycles. The van der Waals surface area contributed by atoms with Gasteiger partial charge in [0.1, 0.15) is 22.9 Å². The summed E-state index contributed by atoms with van der Waals surface area (Å²) in [5, 5.41) is 18.4. The molecule has 0 radical (unpaired) electrons. The standard InChI is InChI=1S/C14H12BrClN2O3/c1-20-9-3-4-13(21-2)11(7-9)17-18-12-6-8(16)5-10(15)14(12)19/h3-7,19H,1-2H3. The number of aromatic hydroxyl groups is 1. The molecule has 5 nitrogen and oxygen atoms in total. The highest BCUT2D eigenvalue weighted by Crippen LogP contribution is 2.39. The Kier molecular flexibility index (Phi) is 5.03. The van der Waals surface area contributed by atoms with Crippen molar-refractivity contribution in [1.29, 1.82) is 0 Å². The minimum Gasteiger partial charge on any atom is -0.505 e. The van der Waals surface area contributed by atoms with Crippen LogP contribution in [-0.2, 0) is 0 Å². The molecule has 0 atom stereocenters. The zero-order valence-electron chi connectivity index (χ0n) is 11.3. The number of phenols is 1. The van der Waals surface area contributed by atoms with Crippen LogP contribution in [0.4, 0.5) is 11.4 Å². The van der Waals surface area contributed by atoms with Gasteiger partial charge in [-0.05, 0) is 40.2 Å². The van der Waals surface area contributed by atoms with Gasteiger partial charge in [-0.3, -0.25) is 0 Å². The number of hydrogen-bond donors (Lipinski definition) is 1. The highest BCUT2D eigenvalue weighted by Gasteiger charge is 2.08. The highest BCUT2D eigenvalue weighted by atomic mass is 79.9. The van der Waals surface area contributed by atoms with E-state index in [0.29, 0.717) is 26.7 Å². The van der Waals surface area contributed by atoms with Gasteiger partial charge in [-0.25, -0.2) is 0 Å². The van der Waals surface area contributed by atoms with Gasteiger partial charge in [0, 0.05) is 11.1 Å². The van der Waals surface area contributed by atoms with Crippen LogP contribution >= 0.6 is 27.5 Å². The van der Waals surface area contributed by atoms with Crippen LogP contribution < -0.4 is 9.47 Å². The number of benzene rings is 2. The van der Waals surface area contributed by atoms with Crippen molar-refractivity contribution in [2.24, 2.45) is 10.2 Å². The lowest BCUT2D eigenvalue weighted by molar-refractivity contribution is 0.404. The van der Waals surface area contributed by atoms with Crippen molar-refractivity contribution in [3.8, 4) is 17.2 Å². The Bertz CT molecular complexity index is 692. The fourth-order valence-electron chi connectivity index (χ4n) is 1.61. The van der Waals surface area contributed by atoms with Crippen LogP contribution in [0.3, 0.4) is 0 Å². The molecule has 0 bridgehead atoms. The maximum Gasteiger partial charge on any atom is 0.157 e. The molecule has 0 unspecified atom stereocenters. The van der Waals surface area contributed by atoms with Gasteiger partial charge in [-0.2, -0.15) is 0 Å². The van der Waals surface area contributed by atoms with Gasteiger partial charge in [-0.1, -0.05) is 11.6 Å². The number of phenolic OH excluding ortho intramolecular Hbond substituents is 1. The van der Waals surface area contributed by atoms with E-state index in [4.69, 9.17) is 21.1 Å². The molecule has 0 aromatic heterocycles. The summed E-state index contributed by atoms with van der Waals surface area (Å²) in [6, 6.07) is 8.24. The van der Waals surface area contributed by atoms with E-state index in [1.54, 1.807) is 31.4 Å². The van der Waals surface area contributed by atoms with Gasteiger partial charge in [-0.15, -0.1) is 10.2 Å². The molecule has 110 valence electrons. The van der Waals surface area contributed by atoms with E-state index in [2.05, 4.69) is 26.2 Å². The van der Waals surface area contributed by atoms with Crippen LogP contribution in [0.2, 0.25) is 5.02 Å². The topological polar surface area (TPSA) is 63.4 Å². The third-order valence-corrected chi connectivity index (χ3v) is 3.48. The van der Waals surface area contributed by atoms with E-state index < -0.39 is 0 Å². The minimum atomic E-state index is -0.0370. The first-order valence-electron chi connectivity index (χ1n) is 5.87. The second-order valence-electron chi connectivity index (χ2n) is 3.99. The molecule has 0 amide bonds. The summed E-state index contributed by atoms with van der Waals surface area (Å²) in [5.74, 6) is 1.13. The van der Waals surface area contributed by atoms with Gasteiger partial charge < -0.3 is 14.6 Å². The summed E-state index contributed by atoms with van der Waals surface area (Å²) < 4.78 is 10.8. The summed E-state index contributed by atoms with van der Waals surface area (Å²) in [7, 11) is 3.09. The number of ether oxygens (including phenoxy) is 2. The molecule has 0 fully saturated rings. The first-order valence-corrected chi connectivity index (χ1v) is 7.04. The number of methoxy groups -OCH3 is 2. The Morgan fingerprint density at radius 3 is 2.43 bits per heavy atom. The zero-order chi connectivity index (χ0) is 15.4. The smallest absolute Gasteiger partial charge is 0.157 e. The molecule has 2 rings (SSSR count). The lowest BCUT2D eigenvalue weighted by atomic mass is 10.3. The maximum absolute atomic E-state index is 9.91. The second kappa shape index (κ2) is 6.78. The van der Waals surface area contributed by atoms with Crippen molar-refractivity contribution in [1.82, 2.24) is 0 Å². The lowest BCUT2D eigenvalue weighted by Crippen LogP contribution is -1.86. The molecule has 0 spiro atoms. The van der Waals surface area contributed by atoms with Gasteiger partial charge in [0.2, 0.25) is 0 Å². The van der Waals surface area contributed by atoms with E-state index in [1.807, 2.05) is 0 Å². The van der Waals surface area contributed by atoms with Gasteiger partial charge >= 0.3 is 0 Å². The fourth-order valence-corrected chi connectivity index (χ4v) is 2.41. The molecular formula is C14H12BrClN2O3. The molecule has 1 N–H and O–H groups in total. The first kappa shape index (κ1) is 15.6. The minimum absolute atomic E-state index is 0.0370. The zero-order valence-corrected chi connectivity index (χ0v) is 13.6. The number of azo groups is 1. The summed E-state index contributed by atoms with van der Waals surface area (Å²) in [6.07, 6.45) is 0. The quantitative estimate of drug-likeness (QED) is 0.747. The number of rotatable bonds is 4. The van der Waals surface area contributed by atoms with Crippen molar-refractivity contribution in [3.63, 3.8) is 0 Å². The maximum atomic E-state index is 9.91. The van der Waals surface area contributed by atoms with E-state index in [-0.39, 0.29) is 11.4 Å². The largest absolute Gasteiger partial charge is 0.505 e. The summed E-state index contributed by atoms with van der Waals surface area (Å²) in [4.78, 5) is 0. The normalized spacial score (nSPS) is 10.9. The molecule has 7 heteroatoms. The number of halogens is 2. The van der Waals surface area contributed by atoms with Crippen LogP contribution in [-0.4, -0.2) is 19.3 Å². The van der Waals surface area contributed by atoms with Crippen LogP contribution in [0.25, 0.3) is 0 Å². The predicted molar refractivity (Wildman–Crippen MR) is 84.5 cm³/mol. The number of nitrogens with zero attached hydrogens (tertiary/aromatic N) is 2. The molecule has 21 heavy (non-hydrogen) atoms. The molecule has 0 saturated heterocycles. The lowest BCUT2D eigenvalue weighted by Gasteiger charge is -2.06. The van der Waals surface area contributed by atoms with Crippen LogP contribution in [0.15, 0.2) is 45.0 Å². The third-order valence-electron chi connectivity index (χ3n) is 2.66. The highest BCUT2D eigenvalue weighted by molar-refractivity contribution is 9.10. The summed E-state index contributed by atoms with van der Waals surface area (Å²) in [6.45, 7) is 0.